The highest BCUT2D eigenvalue weighted by Gasteiger charge is 2.28. The molecule has 144 valence electrons. The van der Waals surface area contributed by atoms with Crippen molar-refractivity contribution < 1.29 is 18.3 Å². The molecular formula is C21H19F2N3O2. The van der Waals surface area contributed by atoms with Crippen molar-refractivity contribution in [3.63, 3.8) is 0 Å². The zero-order valence-electron chi connectivity index (χ0n) is 15.3. The van der Waals surface area contributed by atoms with E-state index in [-0.39, 0.29) is 11.4 Å². The second-order valence-electron chi connectivity index (χ2n) is 6.52. The molecule has 0 saturated heterocycles. The molecule has 0 fully saturated rings. The fourth-order valence-corrected chi connectivity index (χ4v) is 3.48. The lowest BCUT2D eigenvalue weighted by Gasteiger charge is -2.08. The molecule has 5 nitrogen and oxygen atoms in total. The van der Waals surface area contributed by atoms with Crippen LogP contribution >= 0.6 is 0 Å². The number of nitrogens with zero attached hydrogens (tertiary/aromatic N) is 2. The Bertz CT molecular complexity index is 1050. The Labute approximate surface area is 160 Å². The van der Waals surface area contributed by atoms with E-state index in [4.69, 9.17) is 4.74 Å². The number of anilines is 1. The van der Waals surface area contributed by atoms with Crippen molar-refractivity contribution in [2.75, 3.05) is 11.9 Å². The number of nitrogens with one attached hydrogen (secondary N) is 1. The van der Waals surface area contributed by atoms with Gasteiger partial charge in [-0.1, -0.05) is 12.1 Å². The number of aromatic nitrogens is 2. The van der Waals surface area contributed by atoms with Crippen LogP contribution < -0.4 is 10.1 Å². The molecule has 0 bridgehead atoms. The molecular weight excluding hydrogens is 364 g/mol. The summed E-state index contributed by atoms with van der Waals surface area (Å²) in [4.78, 5) is 12.8. The molecule has 1 heterocycles. The number of para-hydroxylation sites is 1. The van der Waals surface area contributed by atoms with Gasteiger partial charge in [0.15, 0.2) is 17.3 Å². The summed E-state index contributed by atoms with van der Waals surface area (Å²) in [6.45, 7) is 2.11. The molecule has 1 aliphatic rings. The van der Waals surface area contributed by atoms with E-state index in [2.05, 4.69) is 10.4 Å². The SMILES string of the molecule is CCOc1ccc(NC(=O)c2nn(-c3ccccc3F)c3c2CCC3)cc1F. The number of hydrogen-bond donors (Lipinski definition) is 1. The summed E-state index contributed by atoms with van der Waals surface area (Å²) in [5.74, 6) is -1.27. The number of ether oxygens (including phenoxy) is 1. The van der Waals surface area contributed by atoms with Crippen LogP contribution in [0.25, 0.3) is 5.69 Å². The lowest BCUT2D eigenvalue weighted by atomic mass is 10.2. The van der Waals surface area contributed by atoms with E-state index in [1.54, 1.807) is 31.2 Å². The van der Waals surface area contributed by atoms with Gasteiger partial charge in [0.25, 0.3) is 5.91 Å². The lowest BCUT2D eigenvalue weighted by Crippen LogP contribution is -2.15. The van der Waals surface area contributed by atoms with Gasteiger partial charge in [-0.15, -0.1) is 0 Å². The number of rotatable bonds is 5. The minimum Gasteiger partial charge on any atom is -0.491 e. The minimum atomic E-state index is -0.554. The third-order valence-corrected chi connectivity index (χ3v) is 4.72. The Kier molecular flexibility index (Phi) is 4.81. The van der Waals surface area contributed by atoms with Crippen LogP contribution in [0.5, 0.6) is 5.75 Å². The highest BCUT2D eigenvalue weighted by Crippen LogP contribution is 2.29. The molecule has 0 aliphatic heterocycles. The zero-order chi connectivity index (χ0) is 19.7. The van der Waals surface area contributed by atoms with Gasteiger partial charge in [0.1, 0.15) is 11.5 Å². The Balaban J connectivity index is 1.65. The quantitative estimate of drug-likeness (QED) is 0.715. The average Bonchev–Trinajstić information content (AvgIpc) is 3.27. The van der Waals surface area contributed by atoms with E-state index in [9.17, 15) is 13.6 Å². The Morgan fingerprint density at radius 3 is 2.75 bits per heavy atom. The van der Waals surface area contributed by atoms with Crippen molar-refractivity contribution >= 4 is 11.6 Å². The summed E-state index contributed by atoms with van der Waals surface area (Å²) < 4.78 is 34.9. The summed E-state index contributed by atoms with van der Waals surface area (Å²) in [7, 11) is 0. The third kappa shape index (κ3) is 3.24. The van der Waals surface area contributed by atoms with Gasteiger partial charge < -0.3 is 10.1 Å². The van der Waals surface area contributed by atoms with Gasteiger partial charge in [0, 0.05) is 23.0 Å². The van der Waals surface area contributed by atoms with Gasteiger partial charge in [0.2, 0.25) is 0 Å². The minimum absolute atomic E-state index is 0.130. The van der Waals surface area contributed by atoms with Crippen LogP contribution in [0.3, 0.4) is 0 Å². The summed E-state index contributed by atoms with van der Waals surface area (Å²) in [6.07, 6.45) is 2.30. The van der Waals surface area contributed by atoms with Crippen molar-refractivity contribution in [2.24, 2.45) is 0 Å². The molecule has 0 spiro atoms. The van der Waals surface area contributed by atoms with Gasteiger partial charge in [-0.05, 0) is 50.5 Å². The summed E-state index contributed by atoms with van der Waals surface area (Å²) >= 11 is 0. The first-order valence-corrected chi connectivity index (χ1v) is 9.18. The van der Waals surface area contributed by atoms with Crippen molar-refractivity contribution in [1.29, 1.82) is 0 Å². The summed E-state index contributed by atoms with van der Waals surface area (Å²) in [5.41, 5.74) is 2.51. The molecule has 1 aliphatic carbocycles. The molecule has 1 aromatic heterocycles. The molecule has 1 amide bonds. The Morgan fingerprint density at radius 2 is 2.00 bits per heavy atom. The number of halogens is 2. The van der Waals surface area contributed by atoms with Crippen molar-refractivity contribution in [2.45, 2.75) is 26.2 Å². The van der Waals surface area contributed by atoms with Gasteiger partial charge >= 0.3 is 0 Å². The van der Waals surface area contributed by atoms with E-state index >= 15 is 0 Å². The predicted molar refractivity (Wildman–Crippen MR) is 101 cm³/mol. The Morgan fingerprint density at radius 1 is 1.18 bits per heavy atom. The Hall–Kier alpha value is -3.22. The van der Waals surface area contributed by atoms with E-state index in [0.717, 1.165) is 24.1 Å². The lowest BCUT2D eigenvalue weighted by molar-refractivity contribution is 0.102. The van der Waals surface area contributed by atoms with E-state index in [1.807, 2.05) is 0 Å². The fourth-order valence-electron chi connectivity index (χ4n) is 3.48. The molecule has 0 unspecified atom stereocenters. The summed E-state index contributed by atoms with van der Waals surface area (Å²) in [5, 5.41) is 7.05. The van der Waals surface area contributed by atoms with Crippen LogP contribution in [0, 0.1) is 11.6 Å². The van der Waals surface area contributed by atoms with Crippen LogP contribution in [-0.4, -0.2) is 22.3 Å². The third-order valence-electron chi connectivity index (χ3n) is 4.72. The molecule has 2 aromatic carbocycles. The molecule has 0 saturated carbocycles. The highest BCUT2D eigenvalue weighted by atomic mass is 19.1. The van der Waals surface area contributed by atoms with Crippen LogP contribution in [-0.2, 0) is 12.8 Å². The van der Waals surface area contributed by atoms with E-state index < -0.39 is 17.5 Å². The van der Waals surface area contributed by atoms with Crippen molar-refractivity contribution in [3.05, 3.63) is 71.1 Å². The number of carbonyl (C=O) groups excluding carboxylic acids is 1. The summed E-state index contributed by atoms with van der Waals surface area (Å²) in [6, 6.07) is 10.6. The zero-order valence-corrected chi connectivity index (χ0v) is 15.3. The predicted octanol–water partition coefficient (Wildman–Crippen LogP) is 4.29. The first-order chi connectivity index (χ1) is 13.6. The van der Waals surface area contributed by atoms with Crippen molar-refractivity contribution in [1.82, 2.24) is 9.78 Å². The first kappa shape index (κ1) is 18.2. The van der Waals surface area contributed by atoms with Gasteiger partial charge in [-0.25, -0.2) is 13.5 Å². The van der Waals surface area contributed by atoms with Crippen LogP contribution in [0.1, 0.15) is 35.1 Å². The number of benzene rings is 2. The molecule has 28 heavy (non-hydrogen) atoms. The van der Waals surface area contributed by atoms with Gasteiger partial charge in [-0.2, -0.15) is 5.10 Å². The molecule has 0 radical (unpaired) electrons. The van der Waals surface area contributed by atoms with Crippen LogP contribution in [0.15, 0.2) is 42.5 Å². The first-order valence-electron chi connectivity index (χ1n) is 9.18. The fraction of sp³-hybridized carbons (Fsp3) is 0.238. The average molecular weight is 383 g/mol. The largest absolute Gasteiger partial charge is 0.491 e. The van der Waals surface area contributed by atoms with E-state index in [1.165, 1.54) is 22.9 Å². The number of fused-ring (bicyclic) bond motifs is 1. The normalized spacial score (nSPS) is 12.7. The highest BCUT2D eigenvalue weighted by molar-refractivity contribution is 6.04. The smallest absolute Gasteiger partial charge is 0.276 e. The molecule has 1 N–H and O–H groups in total. The standard InChI is InChI=1S/C21H19F2N3O2/c1-2-28-19-11-10-13(12-16(19)23)24-21(27)20-14-6-5-9-17(14)26(25-20)18-8-4-3-7-15(18)22/h3-4,7-8,10-12H,2,5-6,9H2,1H3,(H,24,27). The monoisotopic (exact) mass is 383 g/mol. The maximum absolute atomic E-state index is 14.2. The molecule has 3 aromatic rings. The van der Waals surface area contributed by atoms with E-state index in [0.29, 0.717) is 24.4 Å². The van der Waals surface area contributed by atoms with Crippen molar-refractivity contribution in [3.8, 4) is 11.4 Å². The second kappa shape index (κ2) is 7.42. The number of amides is 1. The van der Waals surface area contributed by atoms with Gasteiger partial charge in [0.05, 0.1) is 6.61 Å². The number of carbonyl (C=O) groups is 1. The second-order valence-corrected chi connectivity index (χ2v) is 6.52. The van der Waals surface area contributed by atoms with Gasteiger partial charge in [-0.3, -0.25) is 4.79 Å². The maximum Gasteiger partial charge on any atom is 0.276 e. The molecule has 0 atom stereocenters. The maximum atomic E-state index is 14.2. The van der Waals surface area contributed by atoms with Crippen LogP contribution in [0.2, 0.25) is 0 Å². The molecule has 7 heteroatoms. The van der Waals surface area contributed by atoms with Crippen LogP contribution in [0.4, 0.5) is 14.5 Å². The molecule has 4 rings (SSSR count). The number of hydrogen-bond acceptors (Lipinski definition) is 3. The topological polar surface area (TPSA) is 56.1 Å².